The summed E-state index contributed by atoms with van der Waals surface area (Å²) in [6.45, 7) is 0. The third kappa shape index (κ3) is 39.8. The summed E-state index contributed by atoms with van der Waals surface area (Å²) < 4.78 is 1.34. The van der Waals surface area contributed by atoms with Gasteiger partial charge in [-0.3, -0.25) is 0 Å². The summed E-state index contributed by atoms with van der Waals surface area (Å²) >= 11 is 20.3. The summed E-state index contributed by atoms with van der Waals surface area (Å²) in [4.78, 5) is 0. The van der Waals surface area contributed by atoms with E-state index in [4.69, 9.17) is 33.2 Å². The SMILES string of the molecule is Cl[Si](Cl)(Cl)CCCCCCCCCCCCCCCCCCCCCCCCCCCCCCCCCCI. The Bertz CT molecular complexity index is 445. The second kappa shape index (κ2) is 34.3. The Morgan fingerprint density at radius 1 is 0.256 bits per heavy atom. The van der Waals surface area contributed by atoms with Crippen molar-refractivity contribution < 1.29 is 0 Å². The monoisotopic (exact) mass is 736 g/mol. The largest absolute Gasteiger partial charge is 0.341 e. The van der Waals surface area contributed by atoms with Crippen LogP contribution in [0.5, 0.6) is 0 Å². The number of halogens is 4. The normalized spacial score (nSPS) is 12.0. The molecule has 0 aromatic rings. The molecule has 0 atom stereocenters. The molecular weight excluding hydrogens is 670 g/mol. The van der Waals surface area contributed by atoms with Crippen molar-refractivity contribution in [1.29, 1.82) is 0 Å². The molecule has 0 N–H and O–H groups in total. The van der Waals surface area contributed by atoms with Gasteiger partial charge in [-0.05, 0) is 16.9 Å². The van der Waals surface area contributed by atoms with Crippen LogP contribution in [0.4, 0.5) is 0 Å². The number of hydrogen-bond acceptors (Lipinski definition) is 0. The maximum absolute atomic E-state index is 5.93. The number of rotatable bonds is 34. The van der Waals surface area contributed by atoms with E-state index in [2.05, 4.69) is 22.6 Å². The van der Waals surface area contributed by atoms with Crippen LogP contribution in [0.25, 0.3) is 0 Å². The third-order valence-corrected chi connectivity index (χ3v) is 11.7. The van der Waals surface area contributed by atoms with Crippen LogP contribution in [-0.2, 0) is 0 Å². The molecule has 0 heterocycles. The Kier molecular flexibility index (Phi) is 35.9. The summed E-state index contributed by atoms with van der Waals surface area (Å²) in [5.74, 6) is 0. The van der Waals surface area contributed by atoms with E-state index in [0.29, 0.717) is 0 Å². The fourth-order valence-corrected chi connectivity index (χ4v) is 8.12. The minimum Gasteiger partial charge on any atom is -0.126 e. The quantitative estimate of drug-likeness (QED) is 0.0203. The van der Waals surface area contributed by atoms with Gasteiger partial charge in [-0.2, -0.15) is 0 Å². The van der Waals surface area contributed by atoms with Crippen LogP contribution in [0.15, 0.2) is 0 Å². The number of alkyl halides is 1. The van der Waals surface area contributed by atoms with Gasteiger partial charge in [-0.15, -0.1) is 33.2 Å². The molecule has 0 unspecified atom stereocenters. The van der Waals surface area contributed by atoms with Crippen molar-refractivity contribution in [3.05, 3.63) is 0 Å². The van der Waals surface area contributed by atoms with Gasteiger partial charge in [-0.25, -0.2) is 0 Å². The van der Waals surface area contributed by atoms with Gasteiger partial charge >= 0.3 is 6.00 Å². The Morgan fingerprint density at radius 2 is 0.410 bits per heavy atom. The lowest BCUT2D eigenvalue weighted by Crippen LogP contribution is -2.07. The topological polar surface area (TPSA) is 0 Å². The summed E-state index contributed by atoms with van der Waals surface area (Å²) in [6.07, 6.45) is 46.1. The maximum Gasteiger partial charge on any atom is 0.341 e. The van der Waals surface area contributed by atoms with Crippen LogP contribution in [0.3, 0.4) is 0 Å². The van der Waals surface area contributed by atoms with Gasteiger partial charge in [-0.1, -0.05) is 222 Å². The molecule has 0 aliphatic rings. The third-order valence-electron chi connectivity index (χ3n) is 8.34. The number of hydrogen-bond donors (Lipinski definition) is 0. The predicted molar refractivity (Wildman–Crippen MR) is 195 cm³/mol. The second-order valence-electron chi connectivity index (χ2n) is 12.4. The zero-order valence-corrected chi connectivity index (χ0v) is 31.5. The first kappa shape index (κ1) is 40.8. The van der Waals surface area contributed by atoms with Crippen LogP contribution < -0.4 is 0 Å². The molecule has 0 saturated carbocycles. The lowest BCUT2D eigenvalue weighted by atomic mass is 10.0. The van der Waals surface area contributed by atoms with Gasteiger partial charge in [0.15, 0.2) is 0 Å². The zero-order chi connectivity index (χ0) is 28.5. The van der Waals surface area contributed by atoms with Crippen LogP contribution in [0.1, 0.15) is 205 Å². The highest BCUT2D eigenvalue weighted by Gasteiger charge is 2.23. The van der Waals surface area contributed by atoms with Crippen molar-refractivity contribution in [3.8, 4) is 0 Å². The van der Waals surface area contributed by atoms with Crippen molar-refractivity contribution in [2.45, 2.75) is 212 Å². The fourth-order valence-electron chi connectivity index (χ4n) is 5.72. The van der Waals surface area contributed by atoms with E-state index in [9.17, 15) is 0 Å². The summed E-state index contributed by atoms with van der Waals surface area (Å²) in [5, 5.41) is 0. The van der Waals surface area contributed by atoms with Crippen molar-refractivity contribution in [1.82, 2.24) is 0 Å². The molecule has 0 aromatic carbocycles. The lowest BCUT2D eigenvalue weighted by molar-refractivity contribution is 0.512. The molecule has 236 valence electrons. The molecule has 39 heavy (non-hydrogen) atoms. The van der Waals surface area contributed by atoms with E-state index >= 15 is 0 Å². The highest BCUT2D eigenvalue weighted by atomic mass is 127. The second-order valence-corrected chi connectivity index (χ2v) is 22.7. The summed E-state index contributed by atoms with van der Waals surface area (Å²) in [7, 11) is 0. The molecule has 0 nitrogen and oxygen atoms in total. The summed E-state index contributed by atoms with van der Waals surface area (Å²) in [6, 6.07) is -1.54. The molecular formula is C34H68Cl3ISi. The molecule has 0 fully saturated rings. The Labute approximate surface area is 275 Å². The average Bonchev–Trinajstić information content (AvgIpc) is 2.90. The minimum atomic E-state index is -2.37. The van der Waals surface area contributed by atoms with E-state index in [-0.39, 0.29) is 0 Å². The van der Waals surface area contributed by atoms with E-state index in [1.54, 1.807) is 0 Å². The lowest BCUT2D eigenvalue weighted by Gasteiger charge is -2.07. The standard InChI is InChI=1S/C34H68Cl3ISi/c35-39(36,37)34-32-30-28-26-24-22-20-18-16-14-12-10-8-6-4-2-1-3-5-7-9-11-13-15-17-19-21-23-25-27-29-31-33-38/h1-34H2. The van der Waals surface area contributed by atoms with Crippen LogP contribution in [0.2, 0.25) is 6.04 Å². The molecule has 0 saturated heterocycles. The van der Waals surface area contributed by atoms with Crippen LogP contribution in [-0.4, -0.2) is 10.4 Å². The Balaban J connectivity index is 3.04. The highest BCUT2D eigenvalue weighted by Crippen LogP contribution is 2.27. The van der Waals surface area contributed by atoms with E-state index in [0.717, 1.165) is 12.5 Å². The summed E-state index contributed by atoms with van der Waals surface area (Å²) in [5.41, 5.74) is 0. The van der Waals surface area contributed by atoms with Gasteiger partial charge in [0.25, 0.3) is 0 Å². The molecule has 0 amide bonds. The highest BCUT2D eigenvalue weighted by molar-refractivity contribution is 14.1. The molecule has 0 bridgehead atoms. The fraction of sp³-hybridized carbons (Fsp3) is 1.00. The van der Waals surface area contributed by atoms with Crippen LogP contribution >= 0.6 is 55.8 Å². The first-order valence-electron chi connectivity index (χ1n) is 17.7. The Hall–Kier alpha value is 1.82. The van der Waals surface area contributed by atoms with Gasteiger partial charge in [0.05, 0.1) is 0 Å². The first-order valence-corrected chi connectivity index (χ1v) is 24.5. The average molecular weight is 738 g/mol. The van der Waals surface area contributed by atoms with Gasteiger partial charge in [0.1, 0.15) is 0 Å². The minimum absolute atomic E-state index is 0.831. The van der Waals surface area contributed by atoms with Crippen molar-refractivity contribution in [3.63, 3.8) is 0 Å². The maximum atomic E-state index is 5.93. The van der Waals surface area contributed by atoms with Crippen molar-refractivity contribution in [2.75, 3.05) is 4.43 Å². The Morgan fingerprint density at radius 3 is 0.564 bits per heavy atom. The smallest absolute Gasteiger partial charge is 0.126 e. The van der Waals surface area contributed by atoms with Gasteiger partial charge < -0.3 is 0 Å². The zero-order valence-electron chi connectivity index (χ0n) is 26.1. The van der Waals surface area contributed by atoms with Crippen LogP contribution in [0, 0.1) is 0 Å². The molecule has 0 spiro atoms. The van der Waals surface area contributed by atoms with E-state index in [1.807, 2.05) is 0 Å². The molecule has 5 heteroatoms. The first-order chi connectivity index (χ1) is 19.1. The van der Waals surface area contributed by atoms with Crippen molar-refractivity contribution >= 4 is 61.8 Å². The van der Waals surface area contributed by atoms with Crippen molar-refractivity contribution in [2.24, 2.45) is 0 Å². The molecule has 0 radical (unpaired) electrons. The number of unbranched alkanes of at least 4 members (excludes halogenated alkanes) is 31. The van der Waals surface area contributed by atoms with Gasteiger partial charge in [0.2, 0.25) is 0 Å². The molecule has 0 aliphatic heterocycles. The molecule has 0 aliphatic carbocycles. The van der Waals surface area contributed by atoms with E-state index in [1.165, 1.54) is 203 Å². The predicted octanol–water partition coefficient (Wildman–Crippen LogP) is 15.6. The van der Waals surface area contributed by atoms with E-state index < -0.39 is 6.00 Å². The van der Waals surface area contributed by atoms with Gasteiger partial charge in [0, 0.05) is 0 Å². The molecule has 0 rings (SSSR count). The molecule has 0 aromatic heterocycles.